The van der Waals surface area contributed by atoms with Crippen molar-refractivity contribution in [2.75, 3.05) is 11.1 Å². The molecule has 1 aromatic heterocycles. The minimum atomic E-state index is -2.89. The van der Waals surface area contributed by atoms with Gasteiger partial charge in [-0.15, -0.1) is 0 Å². The number of aromatic nitrogens is 2. The standard InChI is InChI=1S/C24H19F2N3O2S/c1-15-12-19(31-23(25)26)8-9-20(15)28-22(30)14-32-24-27-11-10-21(29-24)18-7-6-16-4-2-3-5-17(16)13-18/h2-13,23H,14H2,1H3,(H,28,30). The monoisotopic (exact) mass is 451 g/mol. The Morgan fingerprint density at radius 2 is 1.88 bits per heavy atom. The number of amides is 1. The molecule has 1 heterocycles. The van der Waals surface area contributed by atoms with Crippen LogP contribution in [0.2, 0.25) is 0 Å². The van der Waals surface area contributed by atoms with Gasteiger partial charge in [0.2, 0.25) is 5.91 Å². The van der Waals surface area contributed by atoms with Crippen molar-refractivity contribution < 1.29 is 18.3 Å². The lowest BCUT2D eigenvalue weighted by Crippen LogP contribution is -2.15. The van der Waals surface area contributed by atoms with Crippen LogP contribution < -0.4 is 10.1 Å². The molecule has 8 heteroatoms. The van der Waals surface area contributed by atoms with Crippen molar-refractivity contribution >= 4 is 34.1 Å². The van der Waals surface area contributed by atoms with Gasteiger partial charge in [-0.3, -0.25) is 4.79 Å². The summed E-state index contributed by atoms with van der Waals surface area (Å²) in [5, 5.41) is 5.53. The van der Waals surface area contributed by atoms with Crippen LogP contribution in [0, 0.1) is 6.92 Å². The van der Waals surface area contributed by atoms with E-state index in [1.54, 1.807) is 13.1 Å². The fourth-order valence-electron chi connectivity index (χ4n) is 3.19. The summed E-state index contributed by atoms with van der Waals surface area (Å²) < 4.78 is 29.0. The van der Waals surface area contributed by atoms with Gasteiger partial charge in [0, 0.05) is 17.4 Å². The van der Waals surface area contributed by atoms with Crippen molar-refractivity contribution in [3.8, 4) is 17.0 Å². The number of nitrogens with zero attached hydrogens (tertiary/aromatic N) is 2. The predicted molar refractivity (Wildman–Crippen MR) is 122 cm³/mol. The van der Waals surface area contributed by atoms with Gasteiger partial charge in [0.15, 0.2) is 5.16 Å². The third-order valence-electron chi connectivity index (χ3n) is 4.71. The molecule has 0 aliphatic rings. The average Bonchev–Trinajstić information content (AvgIpc) is 2.79. The number of hydrogen-bond donors (Lipinski definition) is 1. The molecule has 4 aromatic rings. The van der Waals surface area contributed by atoms with Gasteiger partial charge < -0.3 is 10.1 Å². The number of alkyl halides is 2. The first kappa shape index (κ1) is 21.7. The first-order chi connectivity index (χ1) is 15.5. The molecule has 1 amide bonds. The minimum absolute atomic E-state index is 0.0452. The molecule has 0 fully saturated rings. The Morgan fingerprint density at radius 3 is 2.66 bits per heavy atom. The second-order valence-corrected chi connectivity index (χ2v) is 7.92. The molecular formula is C24H19F2N3O2S. The van der Waals surface area contributed by atoms with Gasteiger partial charge in [-0.1, -0.05) is 48.2 Å². The quantitative estimate of drug-likeness (QED) is 0.278. The van der Waals surface area contributed by atoms with Gasteiger partial charge >= 0.3 is 6.61 Å². The van der Waals surface area contributed by atoms with E-state index in [-0.39, 0.29) is 17.4 Å². The summed E-state index contributed by atoms with van der Waals surface area (Å²) in [6, 6.07) is 20.4. The highest BCUT2D eigenvalue weighted by molar-refractivity contribution is 7.99. The van der Waals surface area contributed by atoms with Crippen molar-refractivity contribution in [2.45, 2.75) is 18.7 Å². The lowest BCUT2D eigenvalue weighted by molar-refractivity contribution is -0.113. The van der Waals surface area contributed by atoms with Crippen LogP contribution in [-0.4, -0.2) is 28.2 Å². The number of carbonyl (C=O) groups excluding carboxylic acids is 1. The van der Waals surface area contributed by atoms with Crippen molar-refractivity contribution in [1.29, 1.82) is 0 Å². The lowest BCUT2D eigenvalue weighted by atomic mass is 10.1. The number of nitrogens with one attached hydrogen (secondary N) is 1. The number of hydrogen-bond acceptors (Lipinski definition) is 5. The van der Waals surface area contributed by atoms with Gasteiger partial charge in [0.05, 0.1) is 11.4 Å². The fraction of sp³-hybridized carbons (Fsp3) is 0.125. The Bertz CT molecular complexity index is 1270. The molecule has 4 rings (SSSR count). The largest absolute Gasteiger partial charge is 0.435 e. The number of rotatable bonds is 7. The third kappa shape index (κ3) is 5.39. The molecule has 3 aromatic carbocycles. The SMILES string of the molecule is Cc1cc(OC(F)F)ccc1NC(=O)CSc1nccc(-c2ccc3ccccc3c2)n1. The van der Waals surface area contributed by atoms with Crippen LogP contribution in [0.4, 0.5) is 14.5 Å². The van der Waals surface area contributed by atoms with Gasteiger partial charge in [-0.25, -0.2) is 9.97 Å². The second-order valence-electron chi connectivity index (χ2n) is 6.98. The van der Waals surface area contributed by atoms with Crippen LogP contribution >= 0.6 is 11.8 Å². The van der Waals surface area contributed by atoms with Crippen molar-refractivity contribution in [2.24, 2.45) is 0 Å². The van der Waals surface area contributed by atoms with Gasteiger partial charge in [-0.05, 0) is 53.6 Å². The van der Waals surface area contributed by atoms with Crippen LogP contribution in [0.5, 0.6) is 5.75 Å². The molecular weight excluding hydrogens is 432 g/mol. The summed E-state index contributed by atoms with van der Waals surface area (Å²) in [5.41, 5.74) is 2.90. The van der Waals surface area contributed by atoms with E-state index in [0.717, 1.165) is 22.0 Å². The van der Waals surface area contributed by atoms with Crippen molar-refractivity contribution in [1.82, 2.24) is 9.97 Å². The van der Waals surface area contributed by atoms with E-state index in [2.05, 4.69) is 32.2 Å². The Hall–Kier alpha value is -3.52. The van der Waals surface area contributed by atoms with Crippen LogP contribution in [0.25, 0.3) is 22.0 Å². The molecule has 0 unspecified atom stereocenters. The molecule has 1 N–H and O–H groups in total. The highest BCUT2D eigenvalue weighted by atomic mass is 32.2. The molecule has 0 radical (unpaired) electrons. The Balaban J connectivity index is 1.40. The summed E-state index contributed by atoms with van der Waals surface area (Å²) in [4.78, 5) is 21.2. The van der Waals surface area contributed by atoms with E-state index in [1.165, 1.54) is 30.0 Å². The molecule has 0 spiro atoms. The highest BCUT2D eigenvalue weighted by Gasteiger charge is 2.11. The van der Waals surface area contributed by atoms with Gasteiger partial charge in [-0.2, -0.15) is 8.78 Å². The number of fused-ring (bicyclic) bond motifs is 1. The molecule has 0 saturated carbocycles. The van der Waals surface area contributed by atoms with Crippen LogP contribution in [0.1, 0.15) is 5.56 Å². The first-order valence-corrected chi connectivity index (χ1v) is 10.8. The van der Waals surface area contributed by atoms with E-state index in [1.807, 2.05) is 36.4 Å². The predicted octanol–water partition coefficient (Wildman–Crippen LogP) is 5.94. The molecule has 0 atom stereocenters. The third-order valence-corrected chi connectivity index (χ3v) is 5.57. The second kappa shape index (κ2) is 9.74. The summed E-state index contributed by atoms with van der Waals surface area (Å²) in [7, 11) is 0. The minimum Gasteiger partial charge on any atom is -0.435 e. The van der Waals surface area contributed by atoms with E-state index in [0.29, 0.717) is 16.4 Å². The van der Waals surface area contributed by atoms with Gasteiger partial charge in [0.25, 0.3) is 0 Å². The van der Waals surface area contributed by atoms with Crippen LogP contribution in [0.15, 0.2) is 78.1 Å². The molecule has 32 heavy (non-hydrogen) atoms. The molecule has 0 aliphatic heterocycles. The zero-order chi connectivity index (χ0) is 22.5. The summed E-state index contributed by atoms with van der Waals surface area (Å²) in [5.74, 6) is -0.0975. The summed E-state index contributed by atoms with van der Waals surface area (Å²) in [6.45, 7) is -1.19. The normalized spacial score (nSPS) is 11.0. The topological polar surface area (TPSA) is 64.1 Å². The maximum atomic E-state index is 12.4. The van der Waals surface area contributed by atoms with Crippen molar-refractivity contribution in [3.63, 3.8) is 0 Å². The Kier molecular flexibility index (Phi) is 6.61. The van der Waals surface area contributed by atoms with Crippen LogP contribution in [-0.2, 0) is 4.79 Å². The van der Waals surface area contributed by atoms with E-state index in [4.69, 9.17) is 0 Å². The molecule has 5 nitrogen and oxygen atoms in total. The average molecular weight is 451 g/mol. The molecule has 162 valence electrons. The first-order valence-electron chi connectivity index (χ1n) is 9.78. The van der Waals surface area contributed by atoms with E-state index < -0.39 is 6.61 Å². The number of aryl methyl sites for hydroxylation is 1. The molecule has 0 saturated heterocycles. The number of carbonyl (C=O) groups is 1. The van der Waals surface area contributed by atoms with E-state index >= 15 is 0 Å². The summed E-state index contributed by atoms with van der Waals surface area (Å²) in [6.07, 6.45) is 1.67. The zero-order valence-electron chi connectivity index (χ0n) is 17.1. The lowest BCUT2D eigenvalue weighted by Gasteiger charge is -2.11. The number of thioether (sulfide) groups is 1. The smallest absolute Gasteiger partial charge is 0.387 e. The molecule has 0 bridgehead atoms. The summed E-state index contributed by atoms with van der Waals surface area (Å²) >= 11 is 1.22. The molecule has 0 aliphatic carbocycles. The zero-order valence-corrected chi connectivity index (χ0v) is 17.9. The maximum absolute atomic E-state index is 12.4. The van der Waals surface area contributed by atoms with Crippen molar-refractivity contribution in [3.05, 3.63) is 78.5 Å². The van der Waals surface area contributed by atoms with E-state index in [9.17, 15) is 13.6 Å². The fourth-order valence-corrected chi connectivity index (χ4v) is 3.82. The Morgan fingerprint density at radius 1 is 1.06 bits per heavy atom. The number of ether oxygens (including phenoxy) is 1. The van der Waals surface area contributed by atoms with Crippen LogP contribution in [0.3, 0.4) is 0 Å². The highest BCUT2D eigenvalue weighted by Crippen LogP contribution is 2.25. The van der Waals surface area contributed by atoms with Gasteiger partial charge in [0.1, 0.15) is 5.75 Å². The number of anilines is 1. The number of halogens is 2. The number of benzene rings is 3. The Labute approximate surface area is 187 Å². The maximum Gasteiger partial charge on any atom is 0.387 e.